The molecule has 0 saturated heterocycles. The molecule has 1 heterocycles. The van der Waals surface area contributed by atoms with E-state index in [-0.39, 0.29) is 6.10 Å². The van der Waals surface area contributed by atoms with Crippen LogP contribution in [0.1, 0.15) is 5.56 Å². The molecule has 1 unspecified atom stereocenters. The lowest BCUT2D eigenvalue weighted by molar-refractivity contribution is -0.0566. The molecule has 2 rings (SSSR count). The molecule has 2 heteroatoms. The van der Waals surface area contributed by atoms with Crippen LogP contribution in [-0.2, 0) is 15.9 Å². The van der Waals surface area contributed by atoms with E-state index in [1.54, 1.807) is 6.26 Å². The van der Waals surface area contributed by atoms with Crippen LogP contribution in [0.2, 0.25) is 0 Å². The van der Waals surface area contributed by atoms with Gasteiger partial charge in [0.05, 0.1) is 12.4 Å². The van der Waals surface area contributed by atoms with E-state index in [9.17, 15) is 0 Å². The molecule has 0 saturated carbocycles. The first-order chi connectivity index (χ1) is 6.45. The van der Waals surface area contributed by atoms with Crippen LogP contribution in [0.15, 0.2) is 42.7 Å². The fourth-order valence-corrected chi connectivity index (χ4v) is 1.34. The zero-order chi connectivity index (χ0) is 8.93. The largest absolute Gasteiger partial charge is 0.475 e. The standard InChI is InChI=1S/C11H12O2/c1-2-4-10(5-3-1)8-11-6-7-12-9-13-11/h1-7,11H,8-9H2. The van der Waals surface area contributed by atoms with Crippen molar-refractivity contribution in [3.8, 4) is 0 Å². The molecule has 0 radical (unpaired) electrons. The Morgan fingerprint density at radius 3 is 2.77 bits per heavy atom. The van der Waals surface area contributed by atoms with Crippen LogP contribution in [0.3, 0.4) is 0 Å². The molecule has 0 fully saturated rings. The number of benzene rings is 1. The van der Waals surface area contributed by atoms with Gasteiger partial charge in [0.25, 0.3) is 0 Å². The first kappa shape index (κ1) is 8.32. The van der Waals surface area contributed by atoms with Crippen molar-refractivity contribution in [2.45, 2.75) is 12.5 Å². The molecule has 0 N–H and O–H groups in total. The molecule has 0 aromatic heterocycles. The summed E-state index contributed by atoms with van der Waals surface area (Å²) in [5, 5.41) is 0. The van der Waals surface area contributed by atoms with E-state index in [2.05, 4.69) is 12.1 Å². The van der Waals surface area contributed by atoms with Crippen LogP contribution < -0.4 is 0 Å². The van der Waals surface area contributed by atoms with Crippen molar-refractivity contribution in [2.75, 3.05) is 6.79 Å². The van der Waals surface area contributed by atoms with Gasteiger partial charge in [-0.05, 0) is 11.6 Å². The molecule has 1 aliphatic heterocycles. The summed E-state index contributed by atoms with van der Waals surface area (Å²) in [4.78, 5) is 0. The van der Waals surface area contributed by atoms with Gasteiger partial charge in [-0.15, -0.1) is 0 Å². The minimum absolute atomic E-state index is 0.163. The van der Waals surface area contributed by atoms with Gasteiger partial charge in [-0.3, -0.25) is 0 Å². The molecule has 0 bridgehead atoms. The summed E-state index contributed by atoms with van der Waals surface area (Å²) in [7, 11) is 0. The average molecular weight is 176 g/mol. The highest BCUT2D eigenvalue weighted by molar-refractivity contribution is 5.16. The van der Waals surface area contributed by atoms with Gasteiger partial charge in [0, 0.05) is 6.42 Å². The van der Waals surface area contributed by atoms with E-state index in [1.165, 1.54) is 5.56 Å². The molecule has 1 aliphatic rings. The molecule has 1 aromatic carbocycles. The lowest BCUT2D eigenvalue weighted by Crippen LogP contribution is -2.18. The predicted molar refractivity (Wildman–Crippen MR) is 50.1 cm³/mol. The summed E-state index contributed by atoms with van der Waals surface area (Å²) in [6.07, 6.45) is 4.73. The van der Waals surface area contributed by atoms with Gasteiger partial charge in [-0.25, -0.2) is 0 Å². The minimum atomic E-state index is 0.163. The third kappa shape index (κ3) is 2.33. The Kier molecular flexibility index (Phi) is 2.62. The zero-order valence-corrected chi connectivity index (χ0v) is 7.35. The highest BCUT2D eigenvalue weighted by Gasteiger charge is 2.09. The Balaban J connectivity index is 1.98. The summed E-state index contributed by atoms with van der Waals surface area (Å²) in [6, 6.07) is 10.3. The van der Waals surface area contributed by atoms with Gasteiger partial charge in [-0.1, -0.05) is 30.3 Å². The van der Waals surface area contributed by atoms with Crippen LogP contribution >= 0.6 is 0 Å². The molecule has 68 valence electrons. The van der Waals surface area contributed by atoms with Crippen molar-refractivity contribution < 1.29 is 9.47 Å². The average Bonchev–Trinajstić information content (AvgIpc) is 2.21. The second-order valence-electron chi connectivity index (χ2n) is 3.01. The maximum Gasteiger partial charge on any atom is 0.188 e. The van der Waals surface area contributed by atoms with Crippen LogP contribution in [-0.4, -0.2) is 12.9 Å². The third-order valence-electron chi connectivity index (χ3n) is 2.02. The van der Waals surface area contributed by atoms with Gasteiger partial charge in [-0.2, -0.15) is 0 Å². The lowest BCUT2D eigenvalue weighted by Gasteiger charge is -2.17. The summed E-state index contributed by atoms with van der Waals surface area (Å²) >= 11 is 0. The Labute approximate surface area is 77.8 Å². The fourth-order valence-electron chi connectivity index (χ4n) is 1.34. The molecule has 2 nitrogen and oxygen atoms in total. The molecular formula is C11H12O2. The van der Waals surface area contributed by atoms with Gasteiger partial charge >= 0.3 is 0 Å². The van der Waals surface area contributed by atoms with Crippen LogP contribution in [0.5, 0.6) is 0 Å². The molecular weight excluding hydrogens is 164 g/mol. The van der Waals surface area contributed by atoms with Crippen molar-refractivity contribution in [1.29, 1.82) is 0 Å². The first-order valence-corrected chi connectivity index (χ1v) is 4.39. The van der Waals surface area contributed by atoms with E-state index in [4.69, 9.17) is 9.47 Å². The monoisotopic (exact) mass is 176 g/mol. The minimum Gasteiger partial charge on any atom is -0.475 e. The number of ether oxygens (including phenoxy) is 2. The maximum absolute atomic E-state index is 5.37. The molecule has 1 atom stereocenters. The molecule has 0 aliphatic carbocycles. The van der Waals surface area contributed by atoms with Crippen molar-refractivity contribution >= 4 is 0 Å². The second kappa shape index (κ2) is 4.10. The highest BCUT2D eigenvalue weighted by Crippen LogP contribution is 2.09. The van der Waals surface area contributed by atoms with Crippen molar-refractivity contribution in [3.05, 3.63) is 48.2 Å². The predicted octanol–water partition coefficient (Wildman–Crippen LogP) is 2.12. The summed E-state index contributed by atoms with van der Waals surface area (Å²) in [5.74, 6) is 0. The van der Waals surface area contributed by atoms with E-state index >= 15 is 0 Å². The second-order valence-corrected chi connectivity index (χ2v) is 3.01. The Morgan fingerprint density at radius 1 is 1.23 bits per heavy atom. The van der Waals surface area contributed by atoms with E-state index in [1.807, 2.05) is 24.3 Å². The lowest BCUT2D eigenvalue weighted by atomic mass is 10.1. The summed E-state index contributed by atoms with van der Waals surface area (Å²) in [5.41, 5.74) is 1.29. The highest BCUT2D eigenvalue weighted by atomic mass is 16.7. The van der Waals surface area contributed by atoms with Gasteiger partial charge in [0.2, 0.25) is 0 Å². The van der Waals surface area contributed by atoms with Crippen molar-refractivity contribution in [2.24, 2.45) is 0 Å². The van der Waals surface area contributed by atoms with Gasteiger partial charge < -0.3 is 9.47 Å². The Hall–Kier alpha value is -1.28. The fraction of sp³-hybridized carbons (Fsp3) is 0.273. The summed E-state index contributed by atoms with van der Waals surface area (Å²) < 4.78 is 10.3. The summed E-state index contributed by atoms with van der Waals surface area (Å²) in [6.45, 7) is 0.369. The van der Waals surface area contributed by atoms with Gasteiger partial charge in [0.15, 0.2) is 6.79 Å². The first-order valence-electron chi connectivity index (χ1n) is 4.39. The SMILES string of the molecule is C1=CC(Cc2ccccc2)OCO1. The van der Waals surface area contributed by atoms with E-state index in [0.29, 0.717) is 6.79 Å². The molecule has 1 aromatic rings. The van der Waals surface area contributed by atoms with Crippen molar-refractivity contribution in [1.82, 2.24) is 0 Å². The zero-order valence-electron chi connectivity index (χ0n) is 7.35. The molecule has 0 amide bonds. The van der Waals surface area contributed by atoms with E-state index in [0.717, 1.165) is 6.42 Å². The molecule has 0 spiro atoms. The number of hydrogen-bond acceptors (Lipinski definition) is 2. The van der Waals surface area contributed by atoms with Crippen LogP contribution in [0.4, 0.5) is 0 Å². The van der Waals surface area contributed by atoms with E-state index < -0.39 is 0 Å². The maximum atomic E-state index is 5.37. The Morgan fingerprint density at radius 2 is 2.08 bits per heavy atom. The third-order valence-corrected chi connectivity index (χ3v) is 2.02. The van der Waals surface area contributed by atoms with Crippen molar-refractivity contribution in [3.63, 3.8) is 0 Å². The van der Waals surface area contributed by atoms with Gasteiger partial charge in [0.1, 0.15) is 0 Å². The van der Waals surface area contributed by atoms with Crippen LogP contribution in [0, 0.1) is 0 Å². The number of rotatable bonds is 2. The molecule has 13 heavy (non-hydrogen) atoms. The Bertz CT molecular complexity index is 279. The quantitative estimate of drug-likeness (QED) is 0.687. The topological polar surface area (TPSA) is 18.5 Å². The normalized spacial score (nSPS) is 21.1. The van der Waals surface area contributed by atoms with Crippen LogP contribution in [0.25, 0.3) is 0 Å². The number of hydrogen-bond donors (Lipinski definition) is 0. The smallest absolute Gasteiger partial charge is 0.188 e.